The molecule has 0 N–H and O–H groups in total. The molecule has 0 saturated carbocycles. The van der Waals surface area contributed by atoms with E-state index in [1.807, 2.05) is 25.1 Å². The normalized spacial score (nSPS) is 10.5. The van der Waals surface area contributed by atoms with E-state index >= 15 is 0 Å². The van der Waals surface area contributed by atoms with Crippen molar-refractivity contribution in [2.75, 3.05) is 0 Å². The zero-order valence-corrected chi connectivity index (χ0v) is 8.65. The van der Waals surface area contributed by atoms with E-state index in [1.54, 1.807) is 11.6 Å². The molecule has 0 aliphatic carbocycles. The van der Waals surface area contributed by atoms with Crippen molar-refractivity contribution in [2.45, 2.75) is 6.92 Å². The topological polar surface area (TPSA) is 39.1 Å². The highest BCUT2D eigenvalue weighted by molar-refractivity contribution is 5.96. The third kappa shape index (κ3) is 1.46. The van der Waals surface area contributed by atoms with Gasteiger partial charge in [0.2, 0.25) is 0 Å². The molecular weight excluding hydrogens is 190 g/mol. The Bertz CT molecular complexity index is 596. The van der Waals surface area contributed by atoms with Crippen LogP contribution in [0.1, 0.15) is 15.9 Å². The number of aldehydes is 1. The molecule has 3 heteroatoms. The smallest absolute Gasteiger partial charge is 0.251 e. The summed E-state index contributed by atoms with van der Waals surface area (Å²) in [5, 5.41) is 0.817. The average Bonchev–Trinajstić information content (AvgIpc) is 2.23. The predicted octanol–water partition coefficient (Wildman–Crippen LogP) is 1.66. The Balaban J connectivity index is 3.03. The van der Waals surface area contributed by atoms with E-state index in [2.05, 4.69) is 0 Å². The first-order valence-corrected chi connectivity index (χ1v) is 4.69. The molecule has 0 aliphatic rings. The lowest BCUT2D eigenvalue weighted by atomic mass is 10.1. The van der Waals surface area contributed by atoms with Crippen molar-refractivity contribution in [2.24, 2.45) is 7.05 Å². The molecule has 0 saturated heterocycles. The molecule has 0 aliphatic heterocycles. The fraction of sp³-hybridized carbons (Fsp3) is 0.167. The average molecular weight is 201 g/mol. The van der Waals surface area contributed by atoms with E-state index < -0.39 is 0 Å². The monoisotopic (exact) mass is 201 g/mol. The highest BCUT2D eigenvalue weighted by Crippen LogP contribution is 2.16. The number of carbonyl (C=O) groups is 1. The highest BCUT2D eigenvalue weighted by Gasteiger charge is 2.05. The Labute approximate surface area is 87.0 Å². The number of aryl methyl sites for hydroxylation is 2. The highest BCUT2D eigenvalue weighted by atomic mass is 16.1. The summed E-state index contributed by atoms with van der Waals surface area (Å²) in [4.78, 5) is 22.3. The van der Waals surface area contributed by atoms with Crippen molar-refractivity contribution in [3.05, 3.63) is 45.7 Å². The Kier molecular flexibility index (Phi) is 2.15. The summed E-state index contributed by atoms with van der Waals surface area (Å²) in [6.07, 6.45) is 0.721. The third-order valence-corrected chi connectivity index (χ3v) is 2.56. The van der Waals surface area contributed by atoms with Crippen LogP contribution in [0.25, 0.3) is 10.9 Å². The van der Waals surface area contributed by atoms with Crippen LogP contribution in [0.5, 0.6) is 0 Å². The van der Waals surface area contributed by atoms with Crippen molar-refractivity contribution >= 4 is 17.2 Å². The summed E-state index contributed by atoms with van der Waals surface area (Å²) in [6.45, 7) is 1.96. The molecule has 0 fully saturated rings. The van der Waals surface area contributed by atoms with Gasteiger partial charge in [0, 0.05) is 24.1 Å². The molecule has 1 heterocycles. The Morgan fingerprint density at radius 3 is 2.67 bits per heavy atom. The van der Waals surface area contributed by atoms with Crippen LogP contribution < -0.4 is 5.56 Å². The van der Waals surface area contributed by atoms with Gasteiger partial charge in [0.15, 0.2) is 6.29 Å². The number of rotatable bonds is 1. The SMILES string of the molecule is Cc1ccc2c(C=O)cc(=O)n(C)c2c1. The lowest BCUT2D eigenvalue weighted by Crippen LogP contribution is -2.17. The van der Waals surface area contributed by atoms with Crippen molar-refractivity contribution in [1.82, 2.24) is 4.57 Å². The zero-order valence-electron chi connectivity index (χ0n) is 8.65. The molecular formula is C12H11NO2. The van der Waals surface area contributed by atoms with Crippen LogP contribution in [0, 0.1) is 6.92 Å². The van der Waals surface area contributed by atoms with E-state index in [9.17, 15) is 9.59 Å². The summed E-state index contributed by atoms with van der Waals surface area (Å²) in [5.41, 5.74) is 2.16. The second-order valence-corrected chi connectivity index (χ2v) is 3.64. The van der Waals surface area contributed by atoms with Gasteiger partial charge in [-0.05, 0) is 18.6 Å². The number of aromatic nitrogens is 1. The zero-order chi connectivity index (χ0) is 11.0. The molecule has 76 valence electrons. The minimum absolute atomic E-state index is 0.157. The number of carbonyl (C=O) groups excluding carboxylic acids is 1. The van der Waals surface area contributed by atoms with Crippen LogP contribution in [0.4, 0.5) is 0 Å². The van der Waals surface area contributed by atoms with Crippen molar-refractivity contribution in [1.29, 1.82) is 0 Å². The van der Waals surface area contributed by atoms with Crippen molar-refractivity contribution in [3.63, 3.8) is 0 Å². The van der Waals surface area contributed by atoms with Crippen molar-refractivity contribution < 1.29 is 4.79 Å². The van der Waals surface area contributed by atoms with E-state index in [1.165, 1.54) is 6.07 Å². The number of hydrogen-bond donors (Lipinski definition) is 0. The molecule has 0 radical (unpaired) electrons. The van der Waals surface area contributed by atoms with E-state index in [0.29, 0.717) is 5.56 Å². The molecule has 0 spiro atoms. The van der Waals surface area contributed by atoms with Crippen LogP contribution in [0.3, 0.4) is 0 Å². The van der Waals surface area contributed by atoms with Gasteiger partial charge in [0.1, 0.15) is 0 Å². The van der Waals surface area contributed by atoms with Gasteiger partial charge in [-0.2, -0.15) is 0 Å². The van der Waals surface area contributed by atoms with Crippen LogP contribution in [-0.2, 0) is 7.05 Å². The quantitative estimate of drug-likeness (QED) is 0.658. The van der Waals surface area contributed by atoms with Crippen LogP contribution in [0.15, 0.2) is 29.1 Å². The molecule has 0 atom stereocenters. The summed E-state index contributed by atoms with van der Waals surface area (Å²) >= 11 is 0. The molecule has 3 nitrogen and oxygen atoms in total. The minimum Gasteiger partial charge on any atom is -0.311 e. The number of nitrogens with zero attached hydrogens (tertiary/aromatic N) is 1. The maximum absolute atomic E-state index is 11.5. The standard InChI is InChI=1S/C12H11NO2/c1-8-3-4-10-9(7-14)6-12(15)13(2)11(10)5-8/h3-7H,1-2H3. The van der Waals surface area contributed by atoms with Crippen LogP contribution in [-0.4, -0.2) is 10.9 Å². The first-order chi connectivity index (χ1) is 7.13. The maximum atomic E-state index is 11.5. The Morgan fingerprint density at radius 2 is 2.00 bits per heavy atom. The van der Waals surface area contributed by atoms with Gasteiger partial charge in [0.25, 0.3) is 5.56 Å². The number of fused-ring (bicyclic) bond motifs is 1. The minimum atomic E-state index is -0.157. The second kappa shape index (κ2) is 3.35. The third-order valence-electron chi connectivity index (χ3n) is 2.56. The van der Waals surface area contributed by atoms with Crippen molar-refractivity contribution in [3.8, 4) is 0 Å². The number of benzene rings is 1. The van der Waals surface area contributed by atoms with Gasteiger partial charge in [-0.25, -0.2) is 0 Å². The molecule has 0 bridgehead atoms. The number of hydrogen-bond acceptors (Lipinski definition) is 2. The maximum Gasteiger partial charge on any atom is 0.251 e. The largest absolute Gasteiger partial charge is 0.311 e. The van der Waals surface area contributed by atoms with Gasteiger partial charge in [-0.1, -0.05) is 12.1 Å². The van der Waals surface area contributed by atoms with E-state index in [0.717, 1.165) is 22.8 Å². The molecule has 2 rings (SSSR count). The van der Waals surface area contributed by atoms with Gasteiger partial charge < -0.3 is 4.57 Å². The fourth-order valence-corrected chi connectivity index (χ4v) is 1.69. The van der Waals surface area contributed by atoms with Gasteiger partial charge in [-0.15, -0.1) is 0 Å². The summed E-state index contributed by atoms with van der Waals surface area (Å²) in [7, 11) is 1.71. The van der Waals surface area contributed by atoms with Crippen LogP contribution >= 0.6 is 0 Å². The van der Waals surface area contributed by atoms with Gasteiger partial charge in [0.05, 0.1) is 5.52 Å². The van der Waals surface area contributed by atoms with Crippen LogP contribution in [0.2, 0.25) is 0 Å². The molecule has 0 unspecified atom stereocenters. The molecule has 15 heavy (non-hydrogen) atoms. The first-order valence-electron chi connectivity index (χ1n) is 4.69. The first kappa shape index (κ1) is 9.65. The van der Waals surface area contributed by atoms with E-state index in [-0.39, 0.29) is 5.56 Å². The Hall–Kier alpha value is -1.90. The van der Waals surface area contributed by atoms with Gasteiger partial charge in [-0.3, -0.25) is 9.59 Å². The lowest BCUT2D eigenvalue weighted by Gasteiger charge is -2.07. The molecule has 1 aromatic carbocycles. The van der Waals surface area contributed by atoms with E-state index in [4.69, 9.17) is 0 Å². The predicted molar refractivity (Wildman–Crippen MR) is 59.3 cm³/mol. The number of pyridine rings is 1. The second-order valence-electron chi connectivity index (χ2n) is 3.64. The molecule has 2 aromatic rings. The summed E-state index contributed by atoms with van der Waals surface area (Å²) in [6, 6.07) is 7.07. The molecule has 1 aromatic heterocycles. The Morgan fingerprint density at radius 1 is 1.27 bits per heavy atom. The lowest BCUT2D eigenvalue weighted by molar-refractivity contribution is 0.112. The van der Waals surface area contributed by atoms with Gasteiger partial charge >= 0.3 is 0 Å². The summed E-state index contributed by atoms with van der Waals surface area (Å²) < 4.78 is 1.55. The summed E-state index contributed by atoms with van der Waals surface area (Å²) in [5.74, 6) is 0. The molecule has 0 amide bonds. The fourth-order valence-electron chi connectivity index (χ4n) is 1.69.